The number of fused-ring (bicyclic) bond motifs is 2. The normalized spacial score (nSPS) is 16.5. The fraction of sp³-hybridized carbons (Fsp3) is 0.158. The maximum Gasteiger partial charge on any atom is 0.135 e. The van der Waals surface area contributed by atoms with Crippen molar-refractivity contribution in [1.29, 1.82) is 0 Å². The lowest BCUT2D eigenvalue weighted by Crippen LogP contribution is -2.35. The summed E-state index contributed by atoms with van der Waals surface area (Å²) >= 11 is 0. The van der Waals surface area contributed by atoms with E-state index in [4.69, 9.17) is 5.73 Å². The molecule has 0 unspecified atom stereocenters. The van der Waals surface area contributed by atoms with Gasteiger partial charge in [-0.1, -0.05) is 42.5 Å². The maximum absolute atomic E-state index is 10.3. The topological polar surface area (TPSA) is 58.3 Å². The molecule has 1 aliphatic rings. The first-order chi connectivity index (χ1) is 10.6. The number of para-hydroxylation sites is 2. The fourth-order valence-corrected chi connectivity index (χ4v) is 3.14. The number of benzene rings is 2. The largest absolute Gasteiger partial charge is 0.506 e. The Balaban J connectivity index is 2.33. The van der Waals surface area contributed by atoms with E-state index < -0.39 is 5.41 Å². The molecule has 0 aliphatic carbocycles. The number of anilines is 2. The third kappa shape index (κ3) is 1.98. The Morgan fingerprint density at radius 2 is 1.55 bits per heavy atom. The second-order valence-corrected chi connectivity index (χ2v) is 5.64. The first kappa shape index (κ1) is 14.3. The van der Waals surface area contributed by atoms with E-state index in [1.54, 1.807) is 12.2 Å². The van der Waals surface area contributed by atoms with Gasteiger partial charge in [0.25, 0.3) is 0 Å². The molecular weight excluding hydrogens is 272 g/mol. The van der Waals surface area contributed by atoms with Crippen molar-refractivity contribution in [2.75, 3.05) is 5.32 Å². The first-order valence-electron chi connectivity index (χ1n) is 7.37. The van der Waals surface area contributed by atoms with Crippen molar-refractivity contribution in [3.8, 4) is 0 Å². The molecule has 4 N–H and O–H groups in total. The van der Waals surface area contributed by atoms with E-state index in [9.17, 15) is 5.11 Å². The summed E-state index contributed by atoms with van der Waals surface area (Å²) in [5.41, 5.74) is 10.4. The van der Waals surface area contributed by atoms with Gasteiger partial charge in [-0.25, -0.2) is 0 Å². The minimum atomic E-state index is -0.581. The van der Waals surface area contributed by atoms with Crippen LogP contribution in [0, 0.1) is 0 Å². The highest BCUT2D eigenvalue weighted by Gasteiger charge is 2.40. The lowest BCUT2D eigenvalue weighted by atomic mass is 9.70. The highest BCUT2D eigenvalue weighted by molar-refractivity contribution is 5.77. The summed E-state index contributed by atoms with van der Waals surface area (Å²) in [6.07, 6.45) is 3.41. The highest BCUT2D eigenvalue weighted by atomic mass is 16.3. The number of nitrogens with one attached hydrogen (secondary N) is 1. The standard InChI is InChI=1S/C19H20N2O/c1-3-8-17(22)18(20)19(2)13-9-4-6-11-15(13)21-16-12-7-5-10-14(16)19/h3-12,21-22H,20H2,1-2H3/b8-3-,18-17+. The second kappa shape index (κ2) is 5.26. The second-order valence-electron chi connectivity index (χ2n) is 5.64. The van der Waals surface area contributed by atoms with Crippen LogP contribution in [0.5, 0.6) is 0 Å². The molecule has 0 atom stereocenters. The molecule has 0 aromatic heterocycles. The quantitative estimate of drug-likeness (QED) is 0.569. The van der Waals surface area contributed by atoms with Crippen LogP contribution in [0.25, 0.3) is 0 Å². The first-order valence-corrected chi connectivity index (χ1v) is 7.37. The van der Waals surface area contributed by atoms with Crippen molar-refractivity contribution in [3.05, 3.63) is 83.3 Å². The maximum atomic E-state index is 10.3. The monoisotopic (exact) mass is 292 g/mol. The van der Waals surface area contributed by atoms with Crippen molar-refractivity contribution in [2.24, 2.45) is 5.73 Å². The zero-order valence-corrected chi connectivity index (χ0v) is 12.8. The van der Waals surface area contributed by atoms with Crippen LogP contribution in [0.15, 0.2) is 72.1 Å². The van der Waals surface area contributed by atoms with Gasteiger partial charge in [0, 0.05) is 11.4 Å². The molecule has 0 fully saturated rings. The average Bonchev–Trinajstić information content (AvgIpc) is 2.54. The van der Waals surface area contributed by atoms with E-state index in [1.807, 2.05) is 55.5 Å². The van der Waals surface area contributed by atoms with Gasteiger partial charge in [-0.3, -0.25) is 0 Å². The van der Waals surface area contributed by atoms with E-state index in [0.717, 1.165) is 22.5 Å². The average molecular weight is 292 g/mol. The van der Waals surface area contributed by atoms with Crippen molar-refractivity contribution < 1.29 is 5.11 Å². The Kier molecular flexibility index (Phi) is 3.41. The molecule has 3 heteroatoms. The van der Waals surface area contributed by atoms with Crippen LogP contribution in [0.4, 0.5) is 11.4 Å². The smallest absolute Gasteiger partial charge is 0.135 e. The summed E-state index contributed by atoms with van der Waals surface area (Å²) in [6, 6.07) is 16.1. The third-order valence-corrected chi connectivity index (χ3v) is 4.34. The van der Waals surface area contributed by atoms with Gasteiger partial charge >= 0.3 is 0 Å². The predicted molar refractivity (Wildman–Crippen MR) is 91.3 cm³/mol. The zero-order chi connectivity index (χ0) is 15.7. The molecule has 0 spiro atoms. The Morgan fingerprint density at radius 1 is 1.05 bits per heavy atom. The summed E-state index contributed by atoms with van der Waals surface area (Å²) in [6.45, 7) is 3.91. The van der Waals surface area contributed by atoms with E-state index in [2.05, 4.69) is 12.2 Å². The number of hydrogen-bond acceptors (Lipinski definition) is 3. The van der Waals surface area contributed by atoms with Crippen LogP contribution >= 0.6 is 0 Å². The van der Waals surface area contributed by atoms with Crippen LogP contribution in [0.2, 0.25) is 0 Å². The molecule has 2 aromatic rings. The molecule has 3 nitrogen and oxygen atoms in total. The molecule has 0 radical (unpaired) electrons. The van der Waals surface area contributed by atoms with E-state index >= 15 is 0 Å². The molecule has 1 aliphatic heterocycles. The van der Waals surface area contributed by atoms with Crippen LogP contribution in [-0.4, -0.2) is 5.11 Å². The van der Waals surface area contributed by atoms with E-state index in [1.165, 1.54) is 0 Å². The van der Waals surface area contributed by atoms with Crippen LogP contribution in [-0.2, 0) is 5.41 Å². The summed E-state index contributed by atoms with van der Waals surface area (Å²) in [4.78, 5) is 0. The molecule has 112 valence electrons. The molecule has 0 bridgehead atoms. The summed E-state index contributed by atoms with van der Waals surface area (Å²) in [5, 5.41) is 13.8. The summed E-state index contributed by atoms with van der Waals surface area (Å²) in [7, 11) is 0. The molecule has 22 heavy (non-hydrogen) atoms. The van der Waals surface area contributed by atoms with Crippen molar-refractivity contribution in [1.82, 2.24) is 0 Å². The lowest BCUT2D eigenvalue weighted by Gasteiger charge is -2.39. The lowest BCUT2D eigenvalue weighted by molar-refractivity contribution is 0.411. The zero-order valence-electron chi connectivity index (χ0n) is 12.8. The van der Waals surface area contributed by atoms with Gasteiger partial charge in [0.15, 0.2) is 0 Å². The minimum absolute atomic E-state index is 0.108. The van der Waals surface area contributed by atoms with Crippen molar-refractivity contribution >= 4 is 11.4 Å². The number of aliphatic hydroxyl groups is 1. The minimum Gasteiger partial charge on any atom is -0.506 e. The summed E-state index contributed by atoms with van der Waals surface area (Å²) < 4.78 is 0. The number of allylic oxidation sites excluding steroid dienone is 3. The highest BCUT2D eigenvalue weighted by Crippen LogP contribution is 2.48. The fourth-order valence-electron chi connectivity index (χ4n) is 3.14. The molecule has 0 saturated heterocycles. The molecule has 3 rings (SSSR count). The molecule has 0 saturated carbocycles. The Labute approximate surface area is 130 Å². The number of hydrogen-bond donors (Lipinski definition) is 3. The molecule has 1 heterocycles. The number of rotatable bonds is 2. The van der Waals surface area contributed by atoms with Gasteiger partial charge in [0.1, 0.15) is 5.76 Å². The van der Waals surface area contributed by atoms with Gasteiger partial charge in [0.05, 0.1) is 11.1 Å². The van der Waals surface area contributed by atoms with Crippen LogP contribution in [0.3, 0.4) is 0 Å². The SMILES string of the molecule is C/C=C\C(O)=C(/N)C1(C)c2ccccc2Nc2ccccc21. The number of nitrogens with two attached hydrogens (primary N) is 1. The van der Waals surface area contributed by atoms with E-state index in [0.29, 0.717) is 5.70 Å². The van der Waals surface area contributed by atoms with Gasteiger partial charge < -0.3 is 16.2 Å². The molecule has 0 amide bonds. The molecular formula is C19H20N2O. The summed E-state index contributed by atoms with van der Waals surface area (Å²) in [5.74, 6) is 0.108. The van der Waals surface area contributed by atoms with Gasteiger partial charge in [0.2, 0.25) is 0 Å². The van der Waals surface area contributed by atoms with Crippen LogP contribution in [0.1, 0.15) is 25.0 Å². The van der Waals surface area contributed by atoms with Gasteiger partial charge in [-0.2, -0.15) is 0 Å². The third-order valence-electron chi connectivity index (χ3n) is 4.34. The van der Waals surface area contributed by atoms with Crippen LogP contribution < -0.4 is 11.1 Å². The molecule has 2 aromatic carbocycles. The Hall–Kier alpha value is -2.68. The van der Waals surface area contributed by atoms with E-state index in [-0.39, 0.29) is 5.76 Å². The predicted octanol–water partition coefficient (Wildman–Crippen LogP) is 4.35. The number of aliphatic hydroxyl groups excluding tert-OH is 1. The van der Waals surface area contributed by atoms with Crippen molar-refractivity contribution in [3.63, 3.8) is 0 Å². The van der Waals surface area contributed by atoms with Crippen molar-refractivity contribution in [2.45, 2.75) is 19.3 Å². The van der Waals surface area contributed by atoms with Gasteiger partial charge in [-0.05, 0) is 43.2 Å². The Bertz CT molecular complexity index is 729. The van der Waals surface area contributed by atoms with Gasteiger partial charge in [-0.15, -0.1) is 0 Å². The Morgan fingerprint density at radius 3 is 2.05 bits per heavy atom.